The second kappa shape index (κ2) is 5.21. The molecule has 1 heterocycles. The number of nitrogens with one attached hydrogen (secondary N) is 1. The molecule has 17 heavy (non-hydrogen) atoms. The summed E-state index contributed by atoms with van der Waals surface area (Å²) in [6, 6.07) is 9.55. The van der Waals surface area contributed by atoms with Crippen molar-refractivity contribution in [1.82, 2.24) is 4.98 Å². The zero-order valence-electron chi connectivity index (χ0n) is 9.68. The maximum Gasteiger partial charge on any atom is 0.119 e. The molecule has 2 aromatic rings. The molecule has 0 aliphatic rings. The lowest BCUT2D eigenvalue weighted by atomic mass is 10.2. The van der Waals surface area contributed by atoms with Crippen LogP contribution in [0.4, 0.5) is 11.4 Å². The van der Waals surface area contributed by atoms with Crippen molar-refractivity contribution in [2.75, 3.05) is 18.2 Å². The van der Waals surface area contributed by atoms with E-state index in [1.165, 1.54) is 0 Å². The molecule has 0 saturated heterocycles. The van der Waals surface area contributed by atoms with E-state index in [1.807, 2.05) is 24.3 Å². The highest BCUT2D eigenvalue weighted by atomic mass is 16.5. The molecule has 0 unspecified atom stereocenters. The van der Waals surface area contributed by atoms with E-state index < -0.39 is 0 Å². The zero-order valence-corrected chi connectivity index (χ0v) is 9.68. The number of rotatable bonds is 4. The van der Waals surface area contributed by atoms with Crippen molar-refractivity contribution >= 4 is 11.4 Å². The quantitative estimate of drug-likeness (QED) is 0.844. The smallest absolute Gasteiger partial charge is 0.119 e. The minimum atomic E-state index is 0.659. The first kappa shape index (κ1) is 11.3. The Kier molecular flexibility index (Phi) is 3.45. The normalized spacial score (nSPS) is 9.94. The van der Waals surface area contributed by atoms with Gasteiger partial charge in [-0.05, 0) is 30.3 Å². The highest BCUT2D eigenvalue weighted by Gasteiger charge is 1.98. The molecule has 3 N–H and O–H groups in total. The standard InChI is InChI=1S/C13H15N3O/c1-17-12-4-2-11(3-5-12)16-9-10-8-15-7-6-13(10)14/h2-8,16H,9H2,1H3,(H2,14,15). The van der Waals surface area contributed by atoms with Gasteiger partial charge in [0.2, 0.25) is 0 Å². The Balaban J connectivity index is 2.00. The molecule has 0 bridgehead atoms. The van der Waals surface area contributed by atoms with Crippen LogP contribution in [0.1, 0.15) is 5.56 Å². The summed E-state index contributed by atoms with van der Waals surface area (Å²) in [6.07, 6.45) is 3.46. The molecule has 4 heteroatoms. The van der Waals surface area contributed by atoms with Crippen LogP contribution in [0.15, 0.2) is 42.7 Å². The Morgan fingerprint density at radius 2 is 2.00 bits per heavy atom. The zero-order chi connectivity index (χ0) is 12.1. The van der Waals surface area contributed by atoms with Crippen molar-refractivity contribution in [3.63, 3.8) is 0 Å². The summed E-state index contributed by atoms with van der Waals surface area (Å²) in [5.74, 6) is 0.844. The number of nitrogens with zero attached hydrogens (tertiary/aromatic N) is 1. The number of aromatic nitrogens is 1. The fraction of sp³-hybridized carbons (Fsp3) is 0.154. The summed E-state index contributed by atoms with van der Waals surface area (Å²) >= 11 is 0. The molecule has 0 atom stereocenters. The van der Waals surface area contributed by atoms with Crippen molar-refractivity contribution in [3.8, 4) is 5.75 Å². The van der Waals surface area contributed by atoms with Gasteiger partial charge in [-0.15, -0.1) is 0 Å². The van der Waals surface area contributed by atoms with Crippen molar-refractivity contribution in [2.45, 2.75) is 6.54 Å². The number of benzene rings is 1. The Bertz CT molecular complexity index is 482. The van der Waals surface area contributed by atoms with Gasteiger partial charge < -0.3 is 15.8 Å². The summed E-state index contributed by atoms with van der Waals surface area (Å²) in [5.41, 5.74) is 8.59. The number of anilines is 2. The van der Waals surface area contributed by atoms with Gasteiger partial charge in [-0.1, -0.05) is 0 Å². The molecule has 1 aromatic heterocycles. The van der Waals surface area contributed by atoms with E-state index in [2.05, 4.69) is 10.3 Å². The van der Waals surface area contributed by atoms with Gasteiger partial charge in [-0.2, -0.15) is 0 Å². The van der Waals surface area contributed by atoms with Gasteiger partial charge in [0.25, 0.3) is 0 Å². The van der Waals surface area contributed by atoms with E-state index in [4.69, 9.17) is 10.5 Å². The monoisotopic (exact) mass is 229 g/mol. The van der Waals surface area contributed by atoms with Crippen molar-refractivity contribution in [2.24, 2.45) is 0 Å². The van der Waals surface area contributed by atoms with Crippen LogP contribution < -0.4 is 15.8 Å². The number of ether oxygens (including phenoxy) is 1. The van der Waals surface area contributed by atoms with Gasteiger partial charge in [0, 0.05) is 35.9 Å². The van der Waals surface area contributed by atoms with Crippen LogP contribution in [0.5, 0.6) is 5.75 Å². The lowest BCUT2D eigenvalue weighted by molar-refractivity contribution is 0.415. The fourth-order valence-corrected chi connectivity index (χ4v) is 1.49. The third kappa shape index (κ3) is 2.87. The summed E-state index contributed by atoms with van der Waals surface area (Å²) in [6.45, 7) is 0.659. The van der Waals surface area contributed by atoms with Crippen LogP contribution in [0, 0.1) is 0 Å². The summed E-state index contributed by atoms with van der Waals surface area (Å²) < 4.78 is 5.09. The van der Waals surface area contributed by atoms with Crippen molar-refractivity contribution < 1.29 is 4.74 Å². The Labute approximate surface area is 100 Å². The average molecular weight is 229 g/mol. The van der Waals surface area contributed by atoms with Gasteiger partial charge in [0.15, 0.2) is 0 Å². The lowest BCUT2D eigenvalue weighted by Crippen LogP contribution is -2.03. The van der Waals surface area contributed by atoms with E-state index in [1.54, 1.807) is 25.6 Å². The largest absolute Gasteiger partial charge is 0.497 e. The second-order valence-electron chi connectivity index (χ2n) is 3.66. The second-order valence-corrected chi connectivity index (χ2v) is 3.66. The predicted molar refractivity (Wildman–Crippen MR) is 69.0 cm³/mol. The molecule has 2 rings (SSSR count). The fourth-order valence-electron chi connectivity index (χ4n) is 1.49. The molecular weight excluding hydrogens is 214 g/mol. The van der Waals surface area contributed by atoms with E-state index in [-0.39, 0.29) is 0 Å². The molecule has 88 valence electrons. The highest BCUT2D eigenvalue weighted by Crippen LogP contribution is 2.17. The van der Waals surface area contributed by atoms with Crippen LogP contribution >= 0.6 is 0 Å². The van der Waals surface area contributed by atoms with Crippen LogP contribution in [0.3, 0.4) is 0 Å². The molecule has 0 amide bonds. The maximum atomic E-state index is 5.83. The van der Waals surface area contributed by atoms with Gasteiger partial charge in [-0.3, -0.25) is 4.98 Å². The number of nitrogens with two attached hydrogens (primary N) is 1. The molecule has 0 saturated carbocycles. The molecule has 4 nitrogen and oxygen atoms in total. The van der Waals surface area contributed by atoms with Crippen LogP contribution in [-0.4, -0.2) is 12.1 Å². The van der Waals surface area contributed by atoms with Gasteiger partial charge >= 0.3 is 0 Å². The van der Waals surface area contributed by atoms with Crippen molar-refractivity contribution in [1.29, 1.82) is 0 Å². The number of nitrogen functional groups attached to an aromatic ring is 1. The van der Waals surface area contributed by atoms with Crippen molar-refractivity contribution in [3.05, 3.63) is 48.3 Å². The van der Waals surface area contributed by atoms with E-state index in [0.29, 0.717) is 6.54 Å². The third-order valence-corrected chi connectivity index (χ3v) is 2.51. The predicted octanol–water partition coefficient (Wildman–Crippen LogP) is 2.28. The first-order valence-electron chi connectivity index (χ1n) is 5.36. The van der Waals surface area contributed by atoms with Gasteiger partial charge in [-0.25, -0.2) is 0 Å². The topological polar surface area (TPSA) is 60.2 Å². The number of pyridine rings is 1. The molecule has 0 spiro atoms. The SMILES string of the molecule is COc1ccc(NCc2cnccc2N)cc1. The molecule has 0 radical (unpaired) electrons. The molecule has 0 fully saturated rings. The van der Waals surface area contributed by atoms with E-state index in [9.17, 15) is 0 Å². The molecular formula is C13H15N3O. The lowest BCUT2D eigenvalue weighted by Gasteiger charge is -2.08. The Morgan fingerprint density at radius 1 is 1.24 bits per heavy atom. The van der Waals surface area contributed by atoms with Gasteiger partial charge in [0.05, 0.1) is 7.11 Å². The van der Waals surface area contributed by atoms with Crippen LogP contribution in [0.25, 0.3) is 0 Å². The van der Waals surface area contributed by atoms with E-state index >= 15 is 0 Å². The maximum absolute atomic E-state index is 5.83. The van der Waals surface area contributed by atoms with Crippen LogP contribution in [-0.2, 0) is 6.54 Å². The molecule has 1 aromatic carbocycles. The Morgan fingerprint density at radius 3 is 2.65 bits per heavy atom. The Hall–Kier alpha value is -2.23. The highest BCUT2D eigenvalue weighted by molar-refractivity contribution is 5.50. The first-order chi connectivity index (χ1) is 8.29. The molecule has 0 aliphatic carbocycles. The number of hydrogen-bond acceptors (Lipinski definition) is 4. The summed E-state index contributed by atoms with van der Waals surface area (Å²) in [7, 11) is 1.65. The minimum absolute atomic E-state index is 0.659. The average Bonchev–Trinajstić information content (AvgIpc) is 2.38. The third-order valence-electron chi connectivity index (χ3n) is 2.51. The minimum Gasteiger partial charge on any atom is -0.497 e. The first-order valence-corrected chi connectivity index (χ1v) is 5.36. The number of hydrogen-bond donors (Lipinski definition) is 2. The summed E-state index contributed by atoms with van der Waals surface area (Å²) in [5, 5.41) is 3.28. The summed E-state index contributed by atoms with van der Waals surface area (Å²) in [4.78, 5) is 4.05. The van der Waals surface area contributed by atoms with Gasteiger partial charge in [0.1, 0.15) is 5.75 Å². The van der Waals surface area contributed by atoms with E-state index in [0.717, 1.165) is 22.7 Å². The van der Waals surface area contributed by atoms with Crippen LogP contribution in [0.2, 0.25) is 0 Å². The number of methoxy groups -OCH3 is 1. The molecule has 0 aliphatic heterocycles.